The average molecular weight is 281 g/mol. The molecular formula is C17H19N3O. The van der Waals surface area contributed by atoms with Crippen LogP contribution < -0.4 is 10.1 Å². The molecule has 0 aliphatic heterocycles. The summed E-state index contributed by atoms with van der Waals surface area (Å²) in [6, 6.07) is 14.2. The van der Waals surface area contributed by atoms with Crippen molar-refractivity contribution in [2.24, 2.45) is 0 Å². The second-order valence-electron chi connectivity index (χ2n) is 4.90. The van der Waals surface area contributed by atoms with Crippen molar-refractivity contribution >= 4 is 10.9 Å². The zero-order chi connectivity index (χ0) is 14.5. The van der Waals surface area contributed by atoms with Crippen LogP contribution in [0.1, 0.15) is 5.69 Å². The molecule has 1 aromatic carbocycles. The van der Waals surface area contributed by atoms with Gasteiger partial charge in [0, 0.05) is 37.4 Å². The normalized spacial score (nSPS) is 10.9. The summed E-state index contributed by atoms with van der Waals surface area (Å²) in [5.41, 5.74) is 2.27. The molecule has 0 bridgehead atoms. The van der Waals surface area contributed by atoms with Crippen LogP contribution in [-0.4, -0.2) is 23.2 Å². The highest BCUT2D eigenvalue weighted by Gasteiger charge is 2.05. The highest BCUT2D eigenvalue weighted by atomic mass is 16.5. The number of nitrogens with zero attached hydrogens (tertiary/aromatic N) is 2. The van der Waals surface area contributed by atoms with E-state index in [0.29, 0.717) is 0 Å². The molecule has 0 unspecified atom stereocenters. The summed E-state index contributed by atoms with van der Waals surface area (Å²) in [6.07, 6.45) is 3.93. The first-order valence-corrected chi connectivity index (χ1v) is 7.11. The van der Waals surface area contributed by atoms with Crippen LogP contribution in [0.4, 0.5) is 0 Å². The van der Waals surface area contributed by atoms with Gasteiger partial charge in [-0.3, -0.25) is 4.98 Å². The van der Waals surface area contributed by atoms with Crippen molar-refractivity contribution in [3.05, 3.63) is 60.6 Å². The lowest BCUT2D eigenvalue weighted by Gasteiger charge is -2.08. The van der Waals surface area contributed by atoms with Crippen LogP contribution in [0, 0.1) is 0 Å². The monoisotopic (exact) mass is 281 g/mol. The number of aromatic nitrogens is 2. The predicted molar refractivity (Wildman–Crippen MR) is 84.4 cm³/mol. The third kappa shape index (κ3) is 3.06. The molecule has 2 aromatic heterocycles. The Morgan fingerprint density at radius 2 is 2.10 bits per heavy atom. The Morgan fingerprint density at radius 1 is 1.14 bits per heavy atom. The number of rotatable bonds is 6. The van der Waals surface area contributed by atoms with E-state index in [9.17, 15) is 0 Å². The van der Waals surface area contributed by atoms with Crippen LogP contribution in [0.25, 0.3) is 10.9 Å². The maximum atomic E-state index is 5.39. The third-order valence-corrected chi connectivity index (χ3v) is 3.56. The lowest BCUT2D eigenvalue weighted by molar-refractivity contribution is 0.420. The van der Waals surface area contributed by atoms with Gasteiger partial charge in [0.15, 0.2) is 0 Å². The summed E-state index contributed by atoms with van der Waals surface area (Å²) in [5.74, 6) is 0.924. The van der Waals surface area contributed by atoms with E-state index in [2.05, 4.69) is 33.2 Å². The Labute approximate surface area is 124 Å². The number of fused-ring (bicyclic) bond motifs is 1. The maximum Gasteiger partial charge on any atom is 0.128 e. The van der Waals surface area contributed by atoms with Crippen molar-refractivity contribution in [1.29, 1.82) is 0 Å². The van der Waals surface area contributed by atoms with Crippen LogP contribution in [0.2, 0.25) is 0 Å². The number of benzene rings is 1. The van der Waals surface area contributed by atoms with Gasteiger partial charge < -0.3 is 14.6 Å². The number of methoxy groups -OCH3 is 1. The molecule has 21 heavy (non-hydrogen) atoms. The van der Waals surface area contributed by atoms with Crippen molar-refractivity contribution in [3.8, 4) is 5.75 Å². The lowest BCUT2D eigenvalue weighted by atomic mass is 10.2. The highest BCUT2D eigenvalue weighted by molar-refractivity contribution is 5.86. The number of hydrogen-bond acceptors (Lipinski definition) is 3. The topological polar surface area (TPSA) is 39.1 Å². The fourth-order valence-corrected chi connectivity index (χ4v) is 2.49. The summed E-state index contributed by atoms with van der Waals surface area (Å²) >= 11 is 0. The van der Waals surface area contributed by atoms with Gasteiger partial charge in [0.05, 0.1) is 18.3 Å². The maximum absolute atomic E-state index is 5.39. The van der Waals surface area contributed by atoms with Crippen LogP contribution in [0.5, 0.6) is 5.75 Å². The van der Waals surface area contributed by atoms with Crippen molar-refractivity contribution in [2.75, 3.05) is 13.7 Å². The molecule has 4 heteroatoms. The summed E-state index contributed by atoms with van der Waals surface area (Å²) in [7, 11) is 1.71. The van der Waals surface area contributed by atoms with E-state index in [1.54, 1.807) is 7.11 Å². The number of ether oxygens (including phenoxy) is 1. The summed E-state index contributed by atoms with van der Waals surface area (Å²) < 4.78 is 7.63. The minimum atomic E-state index is 0.795. The first-order chi connectivity index (χ1) is 10.4. The van der Waals surface area contributed by atoms with E-state index >= 15 is 0 Å². The van der Waals surface area contributed by atoms with Gasteiger partial charge >= 0.3 is 0 Å². The zero-order valence-electron chi connectivity index (χ0n) is 12.1. The Bertz CT molecular complexity index is 706. The first-order valence-electron chi connectivity index (χ1n) is 7.11. The lowest BCUT2D eigenvalue weighted by Crippen LogP contribution is -2.19. The van der Waals surface area contributed by atoms with Crippen LogP contribution in [0.15, 0.2) is 54.9 Å². The van der Waals surface area contributed by atoms with Crippen LogP contribution >= 0.6 is 0 Å². The van der Waals surface area contributed by atoms with E-state index < -0.39 is 0 Å². The van der Waals surface area contributed by atoms with Crippen LogP contribution in [0.3, 0.4) is 0 Å². The van der Waals surface area contributed by atoms with E-state index in [4.69, 9.17) is 4.74 Å². The molecule has 0 fully saturated rings. The van der Waals surface area contributed by atoms with Gasteiger partial charge in [0.1, 0.15) is 5.75 Å². The van der Waals surface area contributed by atoms with Gasteiger partial charge in [-0.1, -0.05) is 12.1 Å². The standard InChI is InChI=1S/C17H19N3O/c1-21-17-7-4-6-16-15(17)8-11-20(16)12-10-18-13-14-5-2-3-9-19-14/h2-9,11,18H,10,12-13H2,1H3. The van der Waals surface area contributed by atoms with Crippen molar-refractivity contribution in [2.45, 2.75) is 13.1 Å². The minimum Gasteiger partial charge on any atom is -0.496 e. The van der Waals surface area contributed by atoms with Gasteiger partial charge in [0.25, 0.3) is 0 Å². The largest absolute Gasteiger partial charge is 0.496 e. The Balaban J connectivity index is 1.61. The van der Waals surface area contributed by atoms with Gasteiger partial charge in [0.2, 0.25) is 0 Å². The highest BCUT2D eigenvalue weighted by Crippen LogP contribution is 2.25. The molecule has 0 saturated heterocycles. The van der Waals surface area contributed by atoms with Gasteiger partial charge in [-0.2, -0.15) is 0 Å². The smallest absolute Gasteiger partial charge is 0.128 e. The molecule has 1 N–H and O–H groups in total. The van der Waals surface area contributed by atoms with Crippen molar-refractivity contribution in [3.63, 3.8) is 0 Å². The Morgan fingerprint density at radius 3 is 2.90 bits per heavy atom. The molecule has 3 aromatic rings. The van der Waals surface area contributed by atoms with E-state index in [-0.39, 0.29) is 0 Å². The van der Waals surface area contributed by atoms with E-state index in [1.165, 1.54) is 5.52 Å². The summed E-state index contributed by atoms with van der Waals surface area (Å²) in [5, 5.41) is 4.58. The fraction of sp³-hybridized carbons (Fsp3) is 0.235. The quantitative estimate of drug-likeness (QED) is 0.706. The van der Waals surface area contributed by atoms with Crippen molar-refractivity contribution in [1.82, 2.24) is 14.9 Å². The number of pyridine rings is 1. The summed E-state index contributed by atoms with van der Waals surface area (Å²) in [6.45, 7) is 2.62. The second kappa shape index (κ2) is 6.41. The van der Waals surface area contributed by atoms with Gasteiger partial charge in [-0.25, -0.2) is 0 Å². The van der Waals surface area contributed by atoms with E-state index in [0.717, 1.165) is 36.5 Å². The molecule has 0 amide bonds. The molecule has 2 heterocycles. The van der Waals surface area contributed by atoms with Gasteiger partial charge in [-0.15, -0.1) is 0 Å². The second-order valence-corrected chi connectivity index (χ2v) is 4.90. The Kier molecular flexibility index (Phi) is 4.17. The SMILES string of the molecule is COc1cccc2c1ccn2CCNCc1ccccn1. The van der Waals surface area contributed by atoms with E-state index in [1.807, 2.05) is 36.5 Å². The molecule has 0 aliphatic rings. The van der Waals surface area contributed by atoms with Gasteiger partial charge in [-0.05, 0) is 30.3 Å². The molecule has 0 saturated carbocycles. The summed E-state index contributed by atoms with van der Waals surface area (Å²) in [4.78, 5) is 4.30. The van der Waals surface area contributed by atoms with Crippen LogP contribution in [-0.2, 0) is 13.1 Å². The molecule has 3 rings (SSSR count). The molecule has 0 atom stereocenters. The molecule has 4 nitrogen and oxygen atoms in total. The zero-order valence-corrected chi connectivity index (χ0v) is 12.1. The number of hydrogen-bond donors (Lipinski definition) is 1. The first kappa shape index (κ1) is 13.6. The molecule has 108 valence electrons. The number of nitrogens with one attached hydrogen (secondary N) is 1. The molecule has 0 radical (unpaired) electrons. The fourth-order valence-electron chi connectivity index (χ4n) is 2.49. The minimum absolute atomic E-state index is 0.795. The Hall–Kier alpha value is -2.33. The van der Waals surface area contributed by atoms with Crippen molar-refractivity contribution < 1.29 is 4.74 Å². The molecule has 0 aliphatic carbocycles. The molecular weight excluding hydrogens is 262 g/mol. The predicted octanol–water partition coefficient (Wildman–Crippen LogP) is 2.83. The average Bonchev–Trinajstić information content (AvgIpc) is 2.96. The molecule has 0 spiro atoms. The third-order valence-electron chi connectivity index (χ3n) is 3.56.